The Balaban J connectivity index is 1.08. The molecule has 8 rings (SSSR count). The summed E-state index contributed by atoms with van der Waals surface area (Å²) in [6.45, 7) is 3.93. The van der Waals surface area contributed by atoms with Crippen LogP contribution in [-0.2, 0) is 6.54 Å². The van der Waals surface area contributed by atoms with Gasteiger partial charge in [-0.1, -0.05) is 0 Å². The molecule has 0 unspecified atom stereocenters. The number of ether oxygens (including phenoxy) is 1. The van der Waals surface area contributed by atoms with Crippen LogP contribution >= 0.6 is 0 Å². The lowest BCUT2D eigenvalue weighted by atomic mass is 10.1. The van der Waals surface area contributed by atoms with Crippen molar-refractivity contribution in [1.82, 2.24) is 44.9 Å². The standard InChI is InChI=1S/C34H32F3N9O/c35-24-14-22(15-25(16-24)47-12-11-45-8-1-2-9-45)26-5-7-39-32-29(26)41-33(42-32)31-30-28(43-44-31)4-3-27(40-30)23-13-21(17-38-18-23)19-46-10-6-34(36,37)20-46/h3-5,7,13-18H,1-2,6,8-12,19-20H2,(H,43,44)(H,39,41,42). The van der Waals surface area contributed by atoms with Crippen molar-refractivity contribution >= 4 is 22.2 Å². The van der Waals surface area contributed by atoms with Crippen LogP contribution in [0.25, 0.3) is 56.1 Å². The normalized spacial score (nSPS) is 16.9. The van der Waals surface area contributed by atoms with Gasteiger partial charge in [0.2, 0.25) is 0 Å². The van der Waals surface area contributed by atoms with Gasteiger partial charge in [0.05, 0.1) is 17.8 Å². The molecule has 2 fully saturated rings. The van der Waals surface area contributed by atoms with Gasteiger partial charge >= 0.3 is 0 Å². The zero-order valence-corrected chi connectivity index (χ0v) is 25.5. The second kappa shape index (κ2) is 12.0. The minimum atomic E-state index is -2.65. The largest absolute Gasteiger partial charge is 0.492 e. The zero-order valence-electron chi connectivity index (χ0n) is 25.5. The number of fused-ring (bicyclic) bond motifs is 2. The van der Waals surface area contributed by atoms with Crippen molar-refractivity contribution in [3.05, 3.63) is 72.4 Å². The number of likely N-dealkylation sites (tertiary alicyclic amines) is 2. The summed E-state index contributed by atoms with van der Waals surface area (Å²) >= 11 is 0. The fraction of sp³-hybridized carbons (Fsp3) is 0.324. The number of benzene rings is 1. The number of pyridine rings is 3. The summed E-state index contributed by atoms with van der Waals surface area (Å²) in [5, 5.41) is 7.53. The average molecular weight is 640 g/mol. The lowest BCUT2D eigenvalue weighted by molar-refractivity contribution is 0.0115. The average Bonchev–Trinajstić information content (AvgIpc) is 3.87. The smallest absolute Gasteiger partial charge is 0.261 e. The van der Waals surface area contributed by atoms with Gasteiger partial charge in [0.1, 0.15) is 29.2 Å². The highest BCUT2D eigenvalue weighted by molar-refractivity contribution is 5.95. The molecule has 6 aromatic rings. The Morgan fingerprint density at radius 2 is 1.81 bits per heavy atom. The SMILES string of the molecule is Fc1cc(OCCN2CCCC2)cc(-c2ccnc3[nH]c(-c4n[nH]c5ccc(-c6cncc(CN7CCC(F)(F)C7)c6)nc45)nc23)c1. The third-order valence-electron chi connectivity index (χ3n) is 8.82. The quantitative estimate of drug-likeness (QED) is 0.196. The van der Waals surface area contributed by atoms with Gasteiger partial charge in [-0.3, -0.25) is 19.9 Å². The third-order valence-corrected chi connectivity index (χ3v) is 8.82. The van der Waals surface area contributed by atoms with Crippen LogP contribution in [0.15, 0.2) is 61.1 Å². The first-order valence-corrected chi connectivity index (χ1v) is 15.8. The Labute approximate surface area is 268 Å². The van der Waals surface area contributed by atoms with E-state index in [4.69, 9.17) is 14.7 Å². The second-order valence-electron chi connectivity index (χ2n) is 12.3. The number of alkyl halides is 2. The monoisotopic (exact) mass is 639 g/mol. The molecule has 0 spiro atoms. The molecule has 0 bridgehead atoms. The fourth-order valence-corrected chi connectivity index (χ4v) is 6.50. The van der Waals surface area contributed by atoms with Crippen LogP contribution in [0.3, 0.4) is 0 Å². The van der Waals surface area contributed by atoms with E-state index in [1.54, 1.807) is 29.6 Å². The lowest BCUT2D eigenvalue weighted by Gasteiger charge is -2.15. The van der Waals surface area contributed by atoms with E-state index in [9.17, 15) is 13.2 Å². The molecule has 0 aliphatic carbocycles. The maximum atomic E-state index is 14.8. The fourth-order valence-electron chi connectivity index (χ4n) is 6.50. The summed E-state index contributed by atoms with van der Waals surface area (Å²) in [5.74, 6) is -2.13. The van der Waals surface area contributed by atoms with Gasteiger partial charge < -0.3 is 9.72 Å². The molecule has 47 heavy (non-hydrogen) atoms. The van der Waals surface area contributed by atoms with Crippen molar-refractivity contribution in [2.45, 2.75) is 31.7 Å². The number of nitrogens with zero attached hydrogens (tertiary/aromatic N) is 7. The molecule has 1 aromatic carbocycles. The summed E-state index contributed by atoms with van der Waals surface area (Å²) in [6, 6.07) is 12.2. The van der Waals surface area contributed by atoms with E-state index in [1.807, 2.05) is 24.3 Å². The number of hydrogen-bond acceptors (Lipinski definition) is 8. The molecule has 10 nitrogen and oxygen atoms in total. The Bertz CT molecular complexity index is 2070. The van der Waals surface area contributed by atoms with Crippen molar-refractivity contribution in [2.75, 3.05) is 39.3 Å². The van der Waals surface area contributed by atoms with Crippen LogP contribution in [0.4, 0.5) is 13.2 Å². The number of aromatic amines is 2. The van der Waals surface area contributed by atoms with Crippen LogP contribution in [-0.4, -0.2) is 90.2 Å². The van der Waals surface area contributed by atoms with Gasteiger partial charge in [0.15, 0.2) is 17.2 Å². The predicted octanol–water partition coefficient (Wildman–Crippen LogP) is 6.08. The number of rotatable bonds is 9. The molecule has 0 atom stereocenters. The van der Waals surface area contributed by atoms with E-state index in [1.165, 1.54) is 25.0 Å². The third kappa shape index (κ3) is 6.15. The molecule has 2 aliphatic rings. The number of H-pyrrole nitrogens is 2. The highest BCUT2D eigenvalue weighted by atomic mass is 19.3. The zero-order chi connectivity index (χ0) is 32.0. The van der Waals surface area contributed by atoms with Crippen molar-refractivity contribution in [2.24, 2.45) is 0 Å². The van der Waals surface area contributed by atoms with E-state index in [-0.39, 0.29) is 13.0 Å². The first-order valence-electron chi connectivity index (χ1n) is 15.8. The molecule has 13 heteroatoms. The van der Waals surface area contributed by atoms with Crippen LogP contribution < -0.4 is 4.74 Å². The first kappa shape index (κ1) is 29.5. The lowest BCUT2D eigenvalue weighted by Crippen LogP contribution is -2.25. The van der Waals surface area contributed by atoms with Crippen LogP contribution in [0.5, 0.6) is 5.75 Å². The Morgan fingerprint density at radius 3 is 2.66 bits per heavy atom. The van der Waals surface area contributed by atoms with Crippen LogP contribution in [0.1, 0.15) is 24.8 Å². The Morgan fingerprint density at radius 1 is 0.915 bits per heavy atom. The predicted molar refractivity (Wildman–Crippen MR) is 171 cm³/mol. The van der Waals surface area contributed by atoms with Gasteiger partial charge in [-0.2, -0.15) is 5.10 Å². The number of imidazole rings is 1. The number of hydrogen-bond donors (Lipinski definition) is 2. The molecule has 0 amide bonds. The van der Waals surface area contributed by atoms with Gasteiger partial charge in [-0.05, 0) is 73.5 Å². The summed E-state index contributed by atoms with van der Waals surface area (Å²) < 4.78 is 48.2. The molecule has 240 valence electrons. The number of halogens is 3. The van der Waals surface area contributed by atoms with Crippen molar-refractivity contribution in [1.29, 1.82) is 0 Å². The molecule has 0 saturated carbocycles. The minimum absolute atomic E-state index is 0.128. The molecule has 2 aliphatic heterocycles. The molecule has 2 saturated heterocycles. The maximum Gasteiger partial charge on any atom is 0.261 e. The van der Waals surface area contributed by atoms with Crippen LogP contribution in [0, 0.1) is 5.82 Å². The molecular weight excluding hydrogens is 607 g/mol. The topological polar surface area (TPSA) is 112 Å². The number of nitrogens with one attached hydrogen (secondary N) is 2. The van der Waals surface area contributed by atoms with E-state index < -0.39 is 11.7 Å². The molecular formula is C34H32F3N9O. The van der Waals surface area contributed by atoms with Gasteiger partial charge in [0.25, 0.3) is 5.92 Å². The summed E-state index contributed by atoms with van der Waals surface area (Å²) in [4.78, 5) is 25.9. The first-order chi connectivity index (χ1) is 22.9. The summed E-state index contributed by atoms with van der Waals surface area (Å²) in [5.41, 5.74) is 6.48. The molecule has 0 radical (unpaired) electrons. The van der Waals surface area contributed by atoms with Crippen molar-refractivity contribution in [3.8, 4) is 39.7 Å². The highest BCUT2D eigenvalue weighted by Crippen LogP contribution is 2.33. The Kier molecular flexibility index (Phi) is 7.57. The summed E-state index contributed by atoms with van der Waals surface area (Å²) in [6.07, 6.45) is 7.34. The van der Waals surface area contributed by atoms with E-state index in [2.05, 4.69) is 30.0 Å². The van der Waals surface area contributed by atoms with Gasteiger partial charge in [-0.25, -0.2) is 28.1 Å². The van der Waals surface area contributed by atoms with Crippen molar-refractivity contribution < 1.29 is 17.9 Å². The summed E-state index contributed by atoms with van der Waals surface area (Å²) in [7, 11) is 0. The molecule has 5 aromatic heterocycles. The van der Waals surface area contributed by atoms with E-state index in [0.717, 1.165) is 30.8 Å². The van der Waals surface area contributed by atoms with Crippen LogP contribution in [0.2, 0.25) is 0 Å². The number of aromatic nitrogens is 7. The van der Waals surface area contributed by atoms with Gasteiger partial charge in [0, 0.05) is 61.8 Å². The molecule has 2 N–H and O–H groups in total. The molecule has 7 heterocycles. The van der Waals surface area contributed by atoms with E-state index >= 15 is 0 Å². The minimum Gasteiger partial charge on any atom is -0.492 e. The second-order valence-corrected chi connectivity index (χ2v) is 12.3. The van der Waals surface area contributed by atoms with Gasteiger partial charge in [-0.15, -0.1) is 0 Å². The van der Waals surface area contributed by atoms with E-state index in [0.29, 0.717) is 76.0 Å². The Hall–Kier alpha value is -4.88. The van der Waals surface area contributed by atoms with Crippen molar-refractivity contribution in [3.63, 3.8) is 0 Å². The highest BCUT2D eigenvalue weighted by Gasteiger charge is 2.38. The maximum absolute atomic E-state index is 14.8.